The quantitative estimate of drug-likeness (QED) is 0.749. The molecule has 1 saturated heterocycles. The zero-order chi connectivity index (χ0) is 16.9. The van der Waals surface area contributed by atoms with E-state index in [1.165, 1.54) is 0 Å². The fourth-order valence-electron chi connectivity index (χ4n) is 3.39. The van der Waals surface area contributed by atoms with E-state index in [0.29, 0.717) is 0 Å². The first-order chi connectivity index (χ1) is 11.6. The summed E-state index contributed by atoms with van der Waals surface area (Å²) < 4.78 is 11.1. The van der Waals surface area contributed by atoms with Crippen LogP contribution in [0, 0.1) is 0 Å². The second-order valence-corrected chi connectivity index (χ2v) is 6.84. The summed E-state index contributed by atoms with van der Waals surface area (Å²) >= 11 is 0. The Hall–Kier alpha value is -1.59. The lowest BCUT2D eigenvalue weighted by Crippen LogP contribution is -2.37. The fourth-order valence-corrected chi connectivity index (χ4v) is 3.39. The van der Waals surface area contributed by atoms with Crippen LogP contribution in [0.4, 0.5) is 0 Å². The van der Waals surface area contributed by atoms with Gasteiger partial charge < -0.3 is 14.4 Å². The van der Waals surface area contributed by atoms with E-state index in [-0.39, 0.29) is 12.0 Å². The monoisotopic (exact) mass is 332 g/mol. The third kappa shape index (κ3) is 4.28. The third-order valence-electron chi connectivity index (χ3n) is 4.81. The topological polar surface area (TPSA) is 42.0 Å². The molecule has 5 nitrogen and oxygen atoms in total. The molecule has 0 radical (unpaired) electrons. The maximum atomic E-state index is 12.6. The Labute approximate surface area is 144 Å². The second kappa shape index (κ2) is 7.99. The lowest BCUT2D eigenvalue weighted by atomic mass is 10.1. The summed E-state index contributed by atoms with van der Waals surface area (Å²) in [6, 6.07) is 5.80. The van der Waals surface area contributed by atoms with Gasteiger partial charge in [-0.15, -0.1) is 0 Å². The Morgan fingerprint density at radius 1 is 1.29 bits per heavy atom. The third-order valence-corrected chi connectivity index (χ3v) is 4.81. The highest BCUT2D eigenvalue weighted by molar-refractivity contribution is 5.94. The lowest BCUT2D eigenvalue weighted by Gasteiger charge is -2.26. The van der Waals surface area contributed by atoms with Crippen LogP contribution < -0.4 is 4.74 Å². The van der Waals surface area contributed by atoms with Gasteiger partial charge in [-0.3, -0.25) is 9.69 Å². The van der Waals surface area contributed by atoms with Gasteiger partial charge in [0.1, 0.15) is 11.9 Å². The van der Waals surface area contributed by atoms with Crippen molar-refractivity contribution >= 4 is 5.91 Å². The molecule has 0 N–H and O–H groups in total. The summed E-state index contributed by atoms with van der Waals surface area (Å²) in [5.74, 6) is 1.02. The maximum Gasteiger partial charge on any atom is 0.253 e. The molecule has 0 aromatic heterocycles. The molecule has 5 heteroatoms. The van der Waals surface area contributed by atoms with Gasteiger partial charge in [-0.25, -0.2) is 0 Å². The van der Waals surface area contributed by atoms with E-state index in [9.17, 15) is 4.79 Å². The Kier molecular flexibility index (Phi) is 5.74. The number of carbonyl (C=O) groups is 1. The first-order valence-corrected chi connectivity index (χ1v) is 8.98. The van der Waals surface area contributed by atoms with Crippen LogP contribution in [0.15, 0.2) is 18.2 Å². The first kappa shape index (κ1) is 17.2. The summed E-state index contributed by atoms with van der Waals surface area (Å²) in [6.07, 6.45) is 3.25. The van der Waals surface area contributed by atoms with Crippen molar-refractivity contribution in [2.45, 2.75) is 32.3 Å². The number of amides is 1. The van der Waals surface area contributed by atoms with E-state index in [1.807, 2.05) is 30.1 Å². The van der Waals surface area contributed by atoms with E-state index >= 15 is 0 Å². The molecule has 3 rings (SSSR count). The summed E-state index contributed by atoms with van der Waals surface area (Å²) in [4.78, 5) is 16.9. The van der Waals surface area contributed by atoms with Gasteiger partial charge in [-0.2, -0.15) is 0 Å². The molecule has 0 unspecified atom stereocenters. The molecule has 0 bridgehead atoms. The van der Waals surface area contributed by atoms with Crippen LogP contribution in [0.3, 0.4) is 0 Å². The van der Waals surface area contributed by atoms with Gasteiger partial charge >= 0.3 is 0 Å². The molecule has 24 heavy (non-hydrogen) atoms. The largest absolute Gasteiger partial charge is 0.490 e. The minimum atomic E-state index is 0.101. The van der Waals surface area contributed by atoms with Crippen molar-refractivity contribution < 1.29 is 14.3 Å². The lowest BCUT2D eigenvalue weighted by molar-refractivity contribution is 0.0369. The van der Waals surface area contributed by atoms with E-state index in [0.717, 1.165) is 75.5 Å². The zero-order valence-electron chi connectivity index (χ0n) is 14.8. The average molecular weight is 332 g/mol. The molecule has 2 aliphatic heterocycles. The van der Waals surface area contributed by atoms with Crippen molar-refractivity contribution in [3.05, 3.63) is 29.3 Å². The van der Waals surface area contributed by atoms with Gasteiger partial charge in [0, 0.05) is 38.7 Å². The highest BCUT2D eigenvalue weighted by atomic mass is 16.5. The molecule has 1 aromatic carbocycles. The Morgan fingerprint density at radius 3 is 2.88 bits per heavy atom. The summed E-state index contributed by atoms with van der Waals surface area (Å²) in [6.45, 7) is 7.71. The van der Waals surface area contributed by atoms with E-state index in [1.54, 1.807) is 0 Å². The molecule has 2 heterocycles. The van der Waals surface area contributed by atoms with Gasteiger partial charge in [-0.1, -0.05) is 0 Å². The Balaban J connectivity index is 1.44. The minimum Gasteiger partial charge on any atom is -0.490 e. The van der Waals surface area contributed by atoms with E-state index in [2.05, 4.69) is 11.8 Å². The normalized spacial score (nSPS) is 20.5. The van der Waals surface area contributed by atoms with Crippen LogP contribution in [0.5, 0.6) is 5.75 Å². The molecular formula is C19H28N2O3. The average Bonchev–Trinajstić information content (AvgIpc) is 2.98. The first-order valence-electron chi connectivity index (χ1n) is 8.98. The van der Waals surface area contributed by atoms with Crippen LogP contribution in [0.2, 0.25) is 0 Å². The van der Waals surface area contributed by atoms with E-state index in [4.69, 9.17) is 9.47 Å². The molecular weight excluding hydrogens is 304 g/mol. The van der Waals surface area contributed by atoms with Crippen LogP contribution >= 0.6 is 0 Å². The number of carbonyl (C=O) groups excluding carboxylic acids is 1. The fraction of sp³-hybridized carbons (Fsp3) is 0.632. The highest BCUT2D eigenvalue weighted by Crippen LogP contribution is 2.29. The number of nitrogens with zero attached hydrogens (tertiary/aromatic N) is 2. The Morgan fingerprint density at radius 2 is 2.08 bits per heavy atom. The molecule has 1 aromatic rings. The highest BCUT2D eigenvalue weighted by Gasteiger charge is 2.21. The smallest absolute Gasteiger partial charge is 0.253 e. The van der Waals surface area contributed by atoms with Crippen LogP contribution in [-0.2, 0) is 11.2 Å². The summed E-state index contributed by atoms with van der Waals surface area (Å²) in [5.41, 5.74) is 1.91. The van der Waals surface area contributed by atoms with Crippen molar-refractivity contribution in [2.75, 3.05) is 46.4 Å². The summed E-state index contributed by atoms with van der Waals surface area (Å²) in [5, 5.41) is 0. The molecule has 1 amide bonds. The number of unbranched alkanes of at least 4 members (excludes halogenated alkanes) is 1. The van der Waals surface area contributed by atoms with Crippen LogP contribution in [0.1, 0.15) is 35.7 Å². The van der Waals surface area contributed by atoms with Gasteiger partial charge in [0.15, 0.2) is 0 Å². The predicted molar refractivity (Wildman–Crippen MR) is 93.7 cm³/mol. The molecule has 0 spiro atoms. The van der Waals surface area contributed by atoms with Crippen LogP contribution in [-0.4, -0.2) is 68.3 Å². The van der Waals surface area contributed by atoms with E-state index < -0.39 is 0 Å². The van der Waals surface area contributed by atoms with Gasteiger partial charge in [0.25, 0.3) is 5.91 Å². The van der Waals surface area contributed by atoms with Crippen molar-refractivity contribution in [2.24, 2.45) is 0 Å². The maximum absolute atomic E-state index is 12.6. The van der Waals surface area contributed by atoms with Gasteiger partial charge in [0.2, 0.25) is 0 Å². The molecule has 1 fully saturated rings. The number of fused-ring (bicyclic) bond motifs is 1. The van der Waals surface area contributed by atoms with Crippen LogP contribution in [0.25, 0.3) is 0 Å². The van der Waals surface area contributed by atoms with Crippen molar-refractivity contribution in [3.8, 4) is 5.75 Å². The zero-order valence-corrected chi connectivity index (χ0v) is 14.8. The standard InChI is InChI=1S/C19H28N2O3/c1-15-13-17-14-16(5-6-18(17)24-15)19(22)20(2)7-3-4-8-21-9-11-23-12-10-21/h5-6,14-15H,3-4,7-13H2,1-2H3/t15-/m1/s1. The minimum absolute atomic E-state index is 0.101. The number of morpholine rings is 1. The number of rotatable bonds is 6. The van der Waals surface area contributed by atoms with Crippen molar-refractivity contribution in [1.82, 2.24) is 9.80 Å². The van der Waals surface area contributed by atoms with Gasteiger partial charge in [0.05, 0.1) is 13.2 Å². The molecule has 0 saturated carbocycles. The molecule has 132 valence electrons. The molecule has 1 atom stereocenters. The Bertz CT molecular complexity index is 570. The molecule has 2 aliphatic rings. The number of ether oxygens (including phenoxy) is 2. The number of benzene rings is 1. The van der Waals surface area contributed by atoms with Gasteiger partial charge in [-0.05, 0) is 50.1 Å². The number of hydrogen-bond acceptors (Lipinski definition) is 4. The summed E-state index contributed by atoms with van der Waals surface area (Å²) in [7, 11) is 1.89. The van der Waals surface area contributed by atoms with Crippen molar-refractivity contribution in [3.63, 3.8) is 0 Å². The second-order valence-electron chi connectivity index (χ2n) is 6.84. The SMILES string of the molecule is C[C@@H]1Cc2cc(C(=O)N(C)CCCCN3CCOCC3)ccc2O1. The molecule has 0 aliphatic carbocycles. The predicted octanol–water partition coefficient (Wildman–Crippen LogP) is 2.19. The number of hydrogen-bond donors (Lipinski definition) is 0. The van der Waals surface area contributed by atoms with Crippen molar-refractivity contribution in [1.29, 1.82) is 0 Å².